The second kappa shape index (κ2) is 8.17. The quantitative estimate of drug-likeness (QED) is 0.718. The summed E-state index contributed by atoms with van der Waals surface area (Å²) in [7, 11) is -1.28. The molecular formula is C19H28N6O2S2. The summed E-state index contributed by atoms with van der Waals surface area (Å²) in [5.41, 5.74) is 0.938. The molecule has 10 heteroatoms. The van der Waals surface area contributed by atoms with E-state index in [0.717, 1.165) is 42.6 Å². The molecule has 4 heterocycles. The van der Waals surface area contributed by atoms with E-state index < -0.39 is 10.0 Å². The number of rotatable bonds is 4. The predicted octanol–water partition coefficient (Wildman–Crippen LogP) is 1.42. The van der Waals surface area contributed by atoms with Crippen LogP contribution in [0, 0.1) is 13.8 Å². The molecule has 0 aliphatic carbocycles. The first-order valence-electron chi connectivity index (χ1n) is 9.93. The number of nitrogens with zero attached hydrogens (tertiary/aromatic N) is 6. The van der Waals surface area contributed by atoms with E-state index in [1.165, 1.54) is 11.3 Å². The van der Waals surface area contributed by atoms with Crippen LogP contribution in [0.4, 0.5) is 11.8 Å². The Bertz CT molecular complexity index is 961. The second-order valence-electron chi connectivity index (χ2n) is 7.71. The SMILES string of the molecule is Cc1cc(N2CCN(C)CC2)nc(N2CCN(S(=O)(=O)c3ccc(C)s3)CC2)n1. The number of likely N-dealkylation sites (N-methyl/N-ethyl adjacent to an activating group) is 1. The van der Waals surface area contributed by atoms with E-state index in [1.807, 2.05) is 26.0 Å². The maximum Gasteiger partial charge on any atom is 0.252 e. The lowest BCUT2D eigenvalue weighted by molar-refractivity contribution is 0.312. The second-order valence-corrected chi connectivity index (χ2v) is 11.2. The molecule has 2 aliphatic rings. The summed E-state index contributed by atoms with van der Waals surface area (Å²) in [5, 5.41) is 0. The zero-order chi connectivity index (χ0) is 20.6. The minimum Gasteiger partial charge on any atom is -0.354 e. The number of piperazine rings is 2. The largest absolute Gasteiger partial charge is 0.354 e. The van der Waals surface area contributed by atoms with Crippen molar-refractivity contribution in [1.82, 2.24) is 19.2 Å². The van der Waals surface area contributed by atoms with Crippen LogP contribution in [0.2, 0.25) is 0 Å². The molecule has 0 radical (unpaired) electrons. The van der Waals surface area contributed by atoms with Gasteiger partial charge in [0.1, 0.15) is 10.0 Å². The predicted molar refractivity (Wildman–Crippen MR) is 117 cm³/mol. The third kappa shape index (κ3) is 4.40. The molecule has 2 saturated heterocycles. The number of hydrogen-bond donors (Lipinski definition) is 0. The van der Waals surface area contributed by atoms with Crippen molar-refractivity contribution in [2.45, 2.75) is 18.1 Å². The van der Waals surface area contributed by atoms with Gasteiger partial charge >= 0.3 is 0 Å². The standard InChI is InChI=1S/C19H28N6O2S2/c1-15-14-17(23-8-6-22(3)7-9-23)21-19(20-15)24-10-12-25(13-11-24)29(26,27)18-5-4-16(2)28-18/h4-5,14H,6-13H2,1-3H3. The highest BCUT2D eigenvalue weighted by Crippen LogP contribution is 2.26. The van der Waals surface area contributed by atoms with Crippen LogP contribution in [0.1, 0.15) is 10.6 Å². The van der Waals surface area contributed by atoms with Gasteiger partial charge in [-0.15, -0.1) is 11.3 Å². The van der Waals surface area contributed by atoms with Crippen LogP contribution in [-0.2, 0) is 10.0 Å². The van der Waals surface area contributed by atoms with E-state index in [2.05, 4.69) is 26.7 Å². The molecule has 0 amide bonds. The monoisotopic (exact) mass is 436 g/mol. The van der Waals surface area contributed by atoms with Crippen LogP contribution in [-0.4, -0.2) is 87.0 Å². The van der Waals surface area contributed by atoms with E-state index in [0.29, 0.717) is 36.3 Å². The normalized spacial score (nSPS) is 19.7. The van der Waals surface area contributed by atoms with Crippen LogP contribution < -0.4 is 9.80 Å². The van der Waals surface area contributed by atoms with Crippen molar-refractivity contribution in [2.24, 2.45) is 0 Å². The molecule has 8 nitrogen and oxygen atoms in total. The van der Waals surface area contributed by atoms with E-state index in [-0.39, 0.29) is 0 Å². The average Bonchev–Trinajstić information content (AvgIpc) is 3.15. The molecule has 0 saturated carbocycles. The molecule has 2 aromatic rings. The van der Waals surface area contributed by atoms with Gasteiger partial charge in [-0.25, -0.2) is 13.4 Å². The van der Waals surface area contributed by atoms with Crippen molar-refractivity contribution < 1.29 is 8.42 Å². The number of anilines is 2. The van der Waals surface area contributed by atoms with Gasteiger partial charge in [-0.2, -0.15) is 9.29 Å². The molecule has 0 aromatic carbocycles. The van der Waals surface area contributed by atoms with E-state index in [1.54, 1.807) is 10.4 Å². The molecule has 2 fully saturated rings. The van der Waals surface area contributed by atoms with Gasteiger partial charge in [-0.3, -0.25) is 0 Å². The summed E-state index contributed by atoms with van der Waals surface area (Å²) < 4.78 is 27.7. The minimum absolute atomic E-state index is 0.424. The molecule has 0 spiro atoms. The first-order chi connectivity index (χ1) is 13.8. The molecule has 2 aromatic heterocycles. The van der Waals surface area contributed by atoms with Crippen LogP contribution in [0.5, 0.6) is 0 Å². The maximum atomic E-state index is 12.9. The number of sulfonamides is 1. The number of hydrogen-bond acceptors (Lipinski definition) is 8. The van der Waals surface area contributed by atoms with Crippen LogP contribution in [0.15, 0.2) is 22.4 Å². The lowest BCUT2D eigenvalue weighted by Gasteiger charge is -2.35. The number of thiophene rings is 1. The number of aryl methyl sites for hydroxylation is 2. The fourth-order valence-corrected chi connectivity index (χ4v) is 6.54. The maximum absolute atomic E-state index is 12.9. The molecule has 4 rings (SSSR count). The highest BCUT2D eigenvalue weighted by molar-refractivity contribution is 7.91. The van der Waals surface area contributed by atoms with Crippen molar-refractivity contribution in [3.05, 3.63) is 28.8 Å². The Morgan fingerprint density at radius 2 is 1.55 bits per heavy atom. The van der Waals surface area contributed by atoms with Crippen LogP contribution in [0.25, 0.3) is 0 Å². The highest BCUT2D eigenvalue weighted by Gasteiger charge is 2.30. The zero-order valence-electron chi connectivity index (χ0n) is 17.2. The Hall–Kier alpha value is -1.75. The van der Waals surface area contributed by atoms with Gasteiger partial charge in [0, 0.05) is 69.0 Å². The first kappa shape index (κ1) is 20.5. The first-order valence-corrected chi connectivity index (χ1v) is 12.2. The average molecular weight is 437 g/mol. The molecule has 0 bridgehead atoms. The van der Waals surface area contributed by atoms with Gasteiger partial charge in [0.15, 0.2) is 0 Å². The Kier molecular flexibility index (Phi) is 5.78. The molecule has 2 aliphatic heterocycles. The van der Waals surface area contributed by atoms with Crippen LogP contribution >= 0.6 is 11.3 Å². The van der Waals surface area contributed by atoms with Crippen molar-refractivity contribution >= 4 is 33.1 Å². The Morgan fingerprint density at radius 1 is 0.897 bits per heavy atom. The molecule has 0 unspecified atom stereocenters. The van der Waals surface area contributed by atoms with Gasteiger partial charge in [0.25, 0.3) is 10.0 Å². The Balaban J connectivity index is 1.46. The smallest absolute Gasteiger partial charge is 0.252 e. The summed E-state index contributed by atoms with van der Waals surface area (Å²) >= 11 is 1.33. The molecule has 158 valence electrons. The fourth-order valence-electron chi connectivity index (χ4n) is 3.68. The van der Waals surface area contributed by atoms with Gasteiger partial charge in [0.2, 0.25) is 5.95 Å². The van der Waals surface area contributed by atoms with Crippen LogP contribution in [0.3, 0.4) is 0 Å². The third-order valence-corrected chi connectivity index (χ3v) is 8.85. The van der Waals surface area contributed by atoms with Crippen molar-refractivity contribution in [3.8, 4) is 0 Å². The number of aromatic nitrogens is 2. The lowest BCUT2D eigenvalue weighted by Crippen LogP contribution is -2.49. The van der Waals surface area contributed by atoms with E-state index >= 15 is 0 Å². The summed E-state index contributed by atoms with van der Waals surface area (Å²) in [6, 6.07) is 5.59. The summed E-state index contributed by atoms with van der Waals surface area (Å²) in [6.07, 6.45) is 0. The Labute approximate surface area is 176 Å². The van der Waals surface area contributed by atoms with Gasteiger partial charge in [-0.1, -0.05) is 0 Å². The van der Waals surface area contributed by atoms with Gasteiger partial charge in [-0.05, 0) is 33.0 Å². The minimum atomic E-state index is -3.41. The van der Waals surface area contributed by atoms with Crippen molar-refractivity contribution in [2.75, 3.05) is 69.2 Å². The summed E-state index contributed by atoms with van der Waals surface area (Å²) in [4.78, 5) is 17.2. The van der Waals surface area contributed by atoms with Crippen molar-refractivity contribution in [1.29, 1.82) is 0 Å². The molecule has 0 N–H and O–H groups in total. The molecule has 0 atom stereocenters. The zero-order valence-corrected chi connectivity index (χ0v) is 18.8. The topological polar surface area (TPSA) is 72.9 Å². The fraction of sp³-hybridized carbons (Fsp3) is 0.579. The summed E-state index contributed by atoms with van der Waals surface area (Å²) in [5.74, 6) is 1.66. The van der Waals surface area contributed by atoms with E-state index in [9.17, 15) is 8.42 Å². The Morgan fingerprint density at radius 3 is 2.17 bits per heavy atom. The third-order valence-electron chi connectivity index (χ3n) is 5.49. The molecular weight excluding hydrogens is 408 g/mol. The van der Waals surface area contributed by atoms with E-state index in [4.69, 9.17) is 4.98 Å². The molecule has 29 heavy (non-hydrogen) atoms. The van der Waals surface area contributed by atoms with Crippen molar-refractivity contribution in [3.63, 3.8) is 0 Å². The van der Waals surface area contributed by atoms with Gasteiger partial charge < -0.3 is 14.7 Å². The lowest BCUT2D eigenvalue weighted by atomic mass is 10.3. The highest BCUT2D eigenvalue weighted by atomic mass is 32.2. The summed E-state index contributed by atoms with van der Waals surface area (Å²) in [6.45, 7) is 9.95. The van der Waals surface area contributed by atoms with Gasteiger partial charge in [0.05, 0.1) is 0 Å².